The number of nitrogens with zero attached hydrogens (tertiary/aromatic N) is 3. The van der Waals surface area contributed by atoms with Crippen molar-refractivity contribution in [3.63, 3.8) is 0 Å². The van der Waals surface area contributed by atoms with Crippen LogP contribution >= 0.6 is 0 Å². The molecule has 0 unspecified atom stereocenters. The van der Waals surface area contributed by atoms with Crippen LogP contribution in [0.3, 0.4) is 0 Å². The number of carboxylic acids is 1. The van der Waals surface area contributed by atoms with Crippen LogP contribution in [0.25, 0.3) is 11.3 Å². The van der Waals surface area contributed by atoms with Crippen LogP contribution in [0.1, 0.15) is 10.5 Å². The van der Waals surface area contributed by atoms with E-state index in [1.165, 1.54) is 15.6 Å². The van der Waals surface area contributed by atoms with Crippen LogP contribution in [0.2, 0.25) is 0 Å². The molecule has 0 radical (unpaired) electrons. The number of rotatable bonds is 3. The standard InChI is InChI=1S/C13H14N4O3/c1-16(13(14)20)9-5-3-4-8(6-9)11-7-10(12(18)19)15-17(11)2/h3-7H,1-2H3,(H2,14,20)(H,18,19). The van der Waals surface area contributed by atoms with Crippen molar-refractivity contribution in [2.45, 2.75) is 0 Å². The van der Waals surface area contributed by atoms with Gasteiger partial charge in [-0.05, 0) is 18.2 Å². The van der Waals surface area contributed by atoms with Gasteiger partial charge in [-0.3, -0.25) is 9.58 Å². The summed E-state index contributed by atoms with van der Waals surface area (Å²) >= 11 is 0. The summed E-state index contributed by atoms with van der Waals surface area (Å²) in [6.07, 6.45) is 0. The molecule has 1 aromatic heterocycles. The first-order valence-electron chi connectivity index (χ1n) is 5.81. The smallest absolute Gasteiger partial charge is 0.356 e. The minimum atomic E-state index is -1.09. The number of anilines is 1. The quantitative estimate of drug-likeness (QED) is 0.880. The van der Waals surface area contributed by atoms with E-state index in [-0.39, 0.29) is 5.69 Å². The van der Waals surface area contributed by atoms with Gasteiger partial charge in [-0.25, -0.2) is 9.59 Å². The van der Waals surface area contributed by atoms with Gasteiger partial charge in [0, 0.05) is 25.3 Å². The van der Waals surface area contributed by atoms with Crippen molar-refractivity contribution < 1.29 is 14.7 Å². The third kappa shape index (κ3) is 2.46. The van der Waals surface area contributed by atoms with Crippen molar-refractivity contribution in [2.75, 3.05) is 11.9 Å². The molecule has 0 aliphatic heterocycles. The van der Waals surface area contributed by atoms with Gasteiger partial charge in [0.25, 0.3) is 0 Å². The maximum atomic E-state index is 11.2. The average Bonchev–Trinajstić information content (AvgIpc) is 2.80. The van der Waals surface area contributed by atoms with E-state index in [2.05, 4.69) is 5.10 Å². The molecule has 1 aromatic carbocycles. The minimum Gasteiger partial charge on any atom is -0.476 e. The van der Waals surface area contributed by atoms with Gasteiger partial charge in [0.15, 0.2) is 5.69 Å². The Labute approximate surface area is 115 Å². The third-order valence-corrected chi connectivity index (χ3v) is 2.96. The Morgan fingerprint density at radius 1 is 1.35 bits per heavy atom. The van der Waals surface area contributed by atoms with Crippen LogP contribution < -0.4 is 10.6 Å². The monoisotopic (exact) mass is 274 g/mol. The highest BCUT2D eigenvalue weighted by atomic mass is 16.4. The van der Waals surface area contributed by atoms with Gasteiger partial charge < -0.3 is 10.8 Å². The van der Waals surface area contributed by atoms with Crippen molar-refractivity contribution in [1.82, 2.24) is 9.78 Å². The summed E-state index contributed by atoms with van der Waals surface area (Å²) in [4.78, 5) is 23.4. The molecule has 0 aliphatic rings. The molecule has 20 heavy (non-hydrogen) atoms. The van der Waals surface area contributed by atoms with Crippen molar-refractivity contribution in [3.8, 4) is 11.3 Å². The van der Waals surface area contributed by atoms with Gasteiger partial charge in [-0.15, -0.1) is 0 Å². The summed E-state index contributed by atoms with van der Waals surface area (Å²) in [6.45, 7) is 0. The van der Waals surface area contributed by atoms with Crippen LogP contribution in [0.5, 0.6) is 0 Å². The lowest BCUT2D eigenvalue weighted by molar-refractivity contribution is 0.0689. The summed E-state index contributed by atoms with van der Waals surface area (Å²) in [5, 5.41) is 12.8. The zero-order valence-electron chi connectivity index (χ0n) is 11.1. The number of primary amides is 1. The molecule has 3 N–H and O–H groups in total. The van der Waals surface area contributed by atoms with Crippen LogP contribution in [0.4, 0.5) is 10.5 Å². The zero-order valence-corrected chi connectivity index (χ0v) is 11.1. The fourth-order valence-corrected chi connectivity index (χ4v) is 1.84. The second kappa shape index (κ2) is 5.04. The summed E-state index contributed by atoms with van der Waals surface area (Å²) < 4.78 is 1.48. The molecule has 0 spiro atoms. The third-order valence-electron chi connectivity index (χ3n) is 2.96. The molecular weight excluding hydrogens is 260 g/mol. The number of hydrogen-bond donors (Lipinski definition) is 2. The first-order valence-corrected chi connectivity index (χ1v) is 5.81. The van der Waals surface area contributed by atoms with Gasteiger partial charge in [0.2, 0.25) is 0 Å². The van der Waals surface area contributed by atoms with E-state index < -0.39 is 12.0 Å². The lowest BCUT2D eigenvalue weighted by Gasteiger charge is -2.15. The van der Waals surface area contributed by atoms with E-state index in [0.29, 0.717) is 11.4 Å². The molecule has 2 amide bonds. The Morgan fingerprint density at radius 2 is 2.05 bits per heavy atom. The first kappa shape index (κ1) is 13.6. The highest BCUT2D eigenvalue weighted by molar-refractivity contribution is 5.91. The van der Waals surface area contributed by atoms with Crippen molar-refractivity contribution in [1.29, 1.82) is 0 Å². The van der Waals surface area contributed by atoms with Gasteiger partial charge in [0.05, 0.1) is 5.69 Å². The van der Waals surface area contributed by atoms with Crippen molar-refractivity contribution in [3.05, 3.63) is 36.0 Å². The van der Waals surface area contributed by atoms with Crippen LogP contribution in [0.15, 0.2) is 30.3 Å². The van der Waals surface area contributed by atoms with Gasteiger partial charge in [-0.2, -0.15) is 5.10 Å². The van der Waals surface area contributed by atoms with Gasteiger partial charge in [-0.1, -0.05) is 12.1 Å². The Kier molecular flexibility index (Phi) is 3.43. The van der Waals surface area contributed by atoms with Crippen LogP contribution in [-0.2, 0) is 7.05 Å². The lowest BCUT2D eigenvalue weighted by atomic mass is 10.1. The van der Waals surface area contributed by atoms with Crippen LogP contribution in [0, 0.1) is 0 Å². The van der Waals surface area contributed by atoms with Gasteiger partial charge in [0.1, 0.15) is 0 Å². The van der Waals surface area contributed by atoms with E-state index >= 15 is 0 Å². The fourth-order valence-electron chi connectivity index (χ4n) is 1.84. The number of aromatic nitrogens is 2. The topological polar surface area (TPSA) is 101 Å². The van der Waals surface area contributed by atoms with E-state index in [1.807, 2.05) is 0 Å². The maximum absolute atomic E-state index is 11.2. The molecule has 2 aromatic rings. The second-order valence-electron chi connectivity index (χ2n) is 4.29. The van der Waals surface area contributed by atoms with E-state index in [9.17, 15) is 9.59 Å². The highest BCUT2D eigenvalue weighted by Gasteiger charge is 2.14. The predicted molar refractivity (Wildman–Crippen MR) is 73.6 cm³/mol. The molecule has 0 atom stereocenters. The largest absolute Gasteiger partial charge is 0.476 e. The molecule has 0 saturated carbocycles. The number of urea groups is 1. The number of nitrogens with two attached hydrogens (primary N) is 1. The molecule has 0 saturated heterocycles. The van der Waals surface area contributed by atoms with E-state index in [0.717, 1.165) is 5.56 Å². The van der Waals surface area contributed by atoms with E-state index in [1.54, 1.807) is 38.4 Å². The summed E-state index contributed by atoms with van der Waals surface area (Å²) in [7, 11) is 3.22. The average molecular weight is 274 g/mol. The number of hydrogen-bond acceptors (Lipinski definition) is 3. The predicted octanol–water partition coefficient (Wildman–Crippen LogP) is 1.30. The molecule has 7 nitrogen and oxygen atoms in total. The summed E-state index contributed by atoms with van der Waals surface area (Å²) in [5.74, 6) is -1.09. The zero-order chi connectivity index (χ0) is 14.9. The number of carboxylic acid groups (broad SMARTS) is 1. The maximum Gasteiger partial charge on any atom is 0.356 e. The molecule has 0 bridgehead atoms. The molecule has 104 valence electrons. The molecule has 0 aliphatic carbocycles. The number of benzene rings is 1. The summed E-state index contributed by atoms with van der Waals surface area (Å²) in [6, 6.07) is 7.96. The Hall–Kier alpha value is -2.83. The van der Waals surface area contributed by atoms with Crippen molar-refractivity contribution in [2.24, 2.45) is 12.8 Å². The van der Waals surface area contributed by atoms with Gasteiger partial charge >= 0.3 is 12.0 Å². The molecule has 2 rings (SSSR count). The van der Waals surface area contributed by atoms with E-state index in [4.69, 9.17) is 10.8 Å². The SMILES string of the molecule is CN(C(N)=O)c1cccc(-c2cc(C(=O)O)nn2C)c1. The first-order chi connectivity index (χ1) is 9.40. The second-order valence-corrected chi connectivity index (χ2v) is 4.29. The Balaban J connectivity index is 2.46. The minimum absolute atomic E-state index is 0.0313. The normalized spacial score (nSPS) is 10.3. The number of aryl methyl sites for hydroxylation is 1. The van der Waals surface area contributed by atoms with Crippen molar-refractivity contribution >= 4 is 17.7 Å². The number of aromatic carboxylic acids is 1. The highest BCUT2D eigenvalue weighted by Crippen LogP contribution is 2.24. The Bertz CT molecular complexity index is 678. The number of amides is 2. The molecule has 1 heterocycles. The lowest BCUT2D eigenvalue weighted by Crippen LogP contribution is -2.31. The molecular formula is C13H14N4O3. The number of carbonyl (C=O) groups excluding carboxylic acids is 1. The Morgan fingerprint density at radius 3 is 2.60 bits per heavy atom. The molecule has 7 heteroatoms. The van der Waals surface area contributed by atoms with Crippen LogP contribution in [-0.4, -0.2) is 33.9 Å². The summed E-state index contributed by atoms with van der Waals surface area (Å²) in [5.41, 5.74) is 7.20. The number of carbonyl (C=O) groups is 2. The molecule has 0 fully saturated rings. The fraction of sp³-hybridized carbons (Fsp3) is 0.154.